The van der Waals surface area contributed by atoms with Crippen LogP contribution >= 0.6 is 0 Å². The lowest BCUT2D eigenvalue weighted by molar-refractivity contribution is -0.125. The molecule has 0 radical (unpaired) electrons. The van der Waals surface area contributed by atoms with Gasteiger partial charge in [-0.05, 0) is 48.6 Å². The Morgan fingerprint density at radius 3 is 2.64 bits per heavy atom. The first-order valence-electron chi connectivity index (χ1n) is 11.7. The van der Waals surface area contributed by atoms with E-state index in [1.54, 1.807) is 12.1 Å². The highest BCUT2D eigenvalue weighted by Gasteiger charge is 2.26. The van der Waals surface area contributed by atoms with Crippen LogP contribution in [0.5, 0.6) is 0 Å². The van der Waals surface area contributed by atoms with Crippen LogP contribution in [0.4, 0.5) is 11.4 Å². The van der Waals surface area contributed by atoms with Crippen molar-refractivity contribution in [1.29, 1.82) is 0 Å². The van der Waals surface area contributed by atoms with Gasteiger partial charge in [0.25, 0.3) is 0 Å². The van der Waals surface area contributed by atoms with E-state index < -0.39 is 0 Å². The van der Waals surface area contributed by atoms with Gasteiger partial charge in [-0.15, -0.1) is 0 Å². The fraction of sp³-hybridized carbons (Fsp3) is 0.423. The van der Waals surface area contributed by atoms with E-state index in [9.17, 15) is 14.4 Å². The number of carbonyl (C=O) groups is 3. The molecule has 4 rings (SSSR count). The molecule has 2 N–H and O–H groups in total. The fourth-order valence-electron chi connectivity index (χ4n) is 4.65. The molecule has 1 fully saturated rings. The van der Waals surface area contributed by atoms with E-state index in [2.05, 4.69) is 34.6 Å². The topological polar surface area (TPSA) is 81.8 Å². The van der Waals surface area contributed by atoms with Crippen molar-refractivity contribution in [1.82, 2.24) is 10.2 Å². The summed E-state index contributed by atoms with van der Waals surface area (Å²) in [6.07, 6.45) is 2.67. The van der Waals surface area contributed by atoms with E-state index in [4.69, 9.17) is 0 Å². The van der Waals surface area contributed by atoms with Gasteiger partial charge in [-0.3, -0.25) is 19.3 Å². The van der Waals surface area contributed by atoms with E-state index in [1.165, 1.54) is 23.3 Å². The normalized spacial score (nSPS) is 18.4. The number of amides is 3. The van der Waals surface area contributed by atoms with Crippen LogP contribution in [0.25, 0.3) is 0 Å². The third-order valence-corrected chi connectivity index (χ3v) is 6.37. The van der Waals surface area contributed by atoms with Crippen molar-refractivity contribution in [3.05, 3.63) is 59.7 Å². The third kappa shape index (κ3) is 5.99. The van der Waals surface area contributed by atoms with Gasteiger partial charge in [0, 0.05) is 32.5 Å². The summed E-state index contributed by atoms with van der Waals surface area (Å²) < 4.78 is 0. The van der Waals surface area contributed by atoms with Crippen LogP contribution in [-0.2, 0) is 27.5 Å². The van der Waals surface area contributed by atoms with E-state index in [0.717, 1.165) is 31.1 Å². The lowest BCUT2D eigenvalue weighted by Gasteiger charge is -2.31. The first kappa shape index (κ1) is 23.0. The summed E-state index contributed by atoms with van der Waals surface area (Å²) in [5.74, 6) is 0.0962. The summed E-state index contributed by atoms with van der Waals surface area (Å²) in [4.78, 5) is 41.1. The Kier molecular flexibility index (Phi) is 7.40. The van der Waals surface area contributed by atoms with Gasteiger partial charge in [-0.1, -0.05) is 43.3 Å². The summed E-state index contributed by atoms with van der Waals surface area (Å²) in [6.45, 7) is 5.84. The van der Waals surface area contributed by atoms with Crippen LogP contribution in [0.2, 0.25) is 0 Å². The minimum Gasteiger partial charge on any atom is -0.352 e. The monoisotopic (exact) mass is 448 g/mol. The second kappa shape index (κ2) is 10.6. The molecule has 7 nitrogen and oxygen atoms in total. The molecule has 2 aliphatic heterocycles. The second-order valence-electron chi connectivity index (χ2n) is 9.07. The highest BCUT2D eigenvalue weighted by atomic mass is 16.2. The molecule has 33 heavy (non-hydrogen) atoms. The average Bonchev–Trinajstić information content (AvgIpc) is 2.81. The maximum Gasteiger partial charge on any atom is 0.244 e. The Hall–Kier alpha value is -3.19. The number of hydrogen-bond donors (Lipinski definition) is 2. The molecule has 1 unspecified atom stereocenters. The van der Waals surface area contributed by atoms with Crippen LogP contribution in [-0.4, -0.2) is 42.3 Å². The zero-order valence-corrected chi connectivity index (χ0v) is 19.2. The molecule has 174 valence electrons. The highest BCUT2D eigenvalue weighted by Crippen LogP contribution is 2.29. The number of hydrogen-bond acceptors (Lipinski definition) is 4. The average molecular weight is 449 g/mol. The third-order valence-electron chi connectivity index (χ3n) is 6.37. The summed E-state index contributed by atoms with van der Waals surface area (Å²) in [5, 5.41) is 5.73. The van der Waals surface area contributed by atoms with Crippen molar-refractivity contribution in [2.45, 2.75) is 45.7 Å². The Labute approximate surface area is 195 Å². The molecular formula is C26H32N4O3. The van der Waals surface area contributed by atoms with Gasteiger partial charge < -0.3 is 15.5 Å². The van der Waals surface area contributed by atoms with Gasteiger partial charge in [0.05, 0.1) is 11.4 Å². The van der Waals surface area contributed by atoms with E-state index >= 15 is 0 Å². The maximum absolute atomic E-state index is 12.7. The molecule has 2 aromatic carbocycles. The van der Waals surface area contributed by atoms with Gasteiger partial charge in [-0.2, -0.15) is 0 Å². The zero-order valence-electron chi connectivity index (χ0n) is 19.2. The second-order valence-corrected chi connectivity index (χ2v) is 9.07. The Balaban J connectivity index is 1.29. The number of piperidine rings is 1. The minimum absolute atomic E-state index is 0.0278. The molecule has 0 saturated carbocycles. The smallest absolute Gasteiger partial charge is 0.244 e. The molecule has 7 heteroatoms. The zero-order chi connectivity index (χ0) is 23.2. The number of anilines is 2. The van der Waals surface area contributed by atoms with Crippen LogP contribution in [0, 0.1) is 5.92 Å². The van der Waals surface area contributed by atoms with Crippen LogP contribution < -0.4 is 15.5 Å². The molecule has 2 aromatic rings. The molecule has 2 aliphatic rings. The number of fused-ring (bicyclic) bond motifs is 1. The lowest BCUT2D eigenvalue weighted by atomic mass is 9.99. The first-order chi connectivity index (χ1) is 16.0. The van der Waals surface area contributed by atoms with Gasteiger partial charge in [0.2, 0.25) is 17.7 Å². The summed E-state index contributed by atoms with van der Waals surface area (Å²) in [6, 6.07) is 15.4. The molecular weight excluding hydrogens is 416 g/mol. The SMILES string of the molecule is CC1CCCN(Cc2ccccc2CNC(=O)CCC(=O)N2CC(=O)Nc3ccccc32)C1. The van der Waals surface area contributed by atoms with Crippen LogP contribution in [0.3, 0.4) is 0 Å². The quantitative estimate of drug-likeness (QED) is 0.681. The van der Waals surface area contributed by atoms with Crippen molar-refractivity contribution in [2.24, 2.45) is 5.92 Å². The molecule has 1 saturated heterocycles. The van der Waals surface area contributed by atoms with Crippen molar-refractivity contribution in [3.63, 3.8) is 0 Å². The van der Waals surface area contributed by atoms with Gasteiger partial charge >= 0.3 is 0 Å². The predicted molar refractivity (Wildman–Crippen MR) is 129 cm³/mol. The number of benzene rings is 2. The van der Waals surface area contributed by atoms with Crippen molar-refractivity contribution in [3.8, 4) is 0 Å². The Morgan fingerprint density at radius 2 is 1.82 bits per heavy atom. The molecule has 1 atom stereocenters. The standard InChI is InChI=1S/C26H32N4O3/c1-19-7-6-14-29(16-19)17-21-9-3-2-8-20(21)15-27-24(31)12-13-26(33)30-18-25(32)28-22-10-4-5-11-23(22)30/h2-5,8-11,19H,6-7,12-18H2,1H3,(H,27,31)(H,28,32). The molecule has 0 spiro atoms. The van der Waals surface area contributed by atoms with Gasteiger partial charge in [0.15, 0.2) is 0 Å². The molecule has 2 heterocycles. The number of nitrogens with zero attached hydrogens (tertiary/aromatic N) is 2. The summed E-state index contributed by atoms with van der Waals surface area (Å²) in [7, 11) is 0. The van der Waals surface area contributed by atoms with E-state index in [0.29, 0.717) is 17.9 Å². The summed E-state index contributed by atoms with van der Waals surface area (Å²) in [5.41, 5.74) is 3.63. The lowest BCUT2D eigenvalue weighted by Crippen LogP contribution is -2.42. The fourth-order valence-corrected chi connectivity index (χ4v) is 4.65. The number of carbonyl (C=O) groups excluding carboxylic acids is 3. The van der Waals surface area contributed by atoms with Crippen LogP contribution in [0.15, 0.2) is 48.5 Å². The van der Waals surface area contributed by atoms with Crippen molar-refractivity contribution < 1.29 is 14.4 Å². The van der Waals surface area contributed by atoms with Crippen LogP contribution in [0.1, 0.15) is 43.7 Å². The molecule has 0 aliphatic carbocycles. The summed E-state index contributed by atoms with van der Waals surface area (Å²) >= 11 is 0. The van der Waals surface area contributed by atoms with Crippen molar-refractivity contribution in [2.75, 3.05) is 29.9 Å². The predicted octanol–water partition coefficient (Wildman–Crippen LogP) is 3.30. The van der Waals surface area contributed by atoms with E-state index in [1.807, 2.05) is 24.3 Å². The largest absolute Gasteiger partial charge is 0.352 e. The maximum atomic E-state index is 12.7. The Bertz CT molecular complexity index is 1020. The highest BCUT2D eigenvalue weighted by molar-refractivity contribution is 6.10. The molecule has 0 bridgehead atoms. The number of nitrogens with one attached hydrogen (secondary N) is 2. The molecule has 0 aromatic heterocycles. The van der Waals surface area contributed by atoms with Crippen molar-refractivity contribution >= 4 is 29.1 Å². The first-order valence-corrected chi connectivity index (χ1v) is 11.7. The number of likely N-dealkylation sites (tertiary alicyclic amines) is 1. The van der Waals surface area contributed by atoms with Gasteiger partial charge in [-0.25, -0.2) is 0 Å². The van der Waals surface area contributed by atoms with E-state index in [-0.39, 0.29) is 37.1 Å². The number of para-hydroxylation sites is 2. The Morgan fingerprint density at radius 1 is 1.06 bits per heavy atom. The van der Waals surface area contributed by atoms with Gasteiger partial charge in [0.1, 0.15) is 6.54 Å². The minimum atomic E-state index is -0.230. The number of rotatable bonds is 7. The molecule has 3 amide bonds.